The molecule has 0 bridgehead atoms. The van der Waals surface area contributed by atoms with E-state index in [1.54, 1.807) is 0 Å². The van der Waals surface area contributed by atoms with E-state index >= 15 is 0 Å². The first-order valence-corrected chi connectivity index (χ1v) is 7.22. The van der Waals surface area contributed by atoms with Gasteiger partial charge in [0.2, 0.25) is 11.8 Å². The summed E-state index contributed by atoms with van der Waals surface area (Å²) >= 11 is 0. The predicted molar refractivity (Wildman–Crippen MR) is 75.4 cm³/mol. The largest absolute Gasteiger partial charge is 0.356 e. The van der Waals surface area contributed by atoms with Crippen LogP contribution in [0.4, 0.5) is 0 Å². The third kappa shape index (κ3) is 4.82. The van der Waals surface area contributed by atoms with Crippen molar-refractivity contribution < 1.29 is 9.59 Å². The van der Waals surface area contributed by atoms with Crippen molar-refractivity contribution in [1.82, 2.24) is 10.2 Å². The van der Waals surface area contributed by atoms with Crippen LogP contribution in [0.1, 0.15) is 33.6 Å². The highest BCUT2D eigenvalue weighted by Crippen LogP contribution is 2.17. The lowest BCUT2D eigenvalue weighted by Gasteiger charge is -2.34. The van der Waals surface area contributed by atoms with Gasteiger partial charge < -0.3 is 16.0 Å². The third-order valence-corrected chi connectivity index (χ3v) is 3.70. The summed E-state index contributed by atoms with van der Waals surface area (Å²) < 4.78 is 0. The number of carbonyl (C=O) groups excluding carboxylic acids is 2. The molecule has 19 heavy (non-hydrogen) atoms. The monoisotopic (exact) mass is 269 g/mol. The zero-order valence-electron chi connectivity index (χ0n) is 12.3. The van der Waals surface area contributed by atoms with E-state index in [1.165, 1.54) is 0 Å². The van der Waals surface area contributed by atoms with Crippen molar-refractivity contribution in [1.29, 1.82) is 0 Å². The molecule has 1 aliphatic rings. The Labute approximate surface area is 115 Å². The van der Waals surface area contributed by atoms with Gasteiger partial charge in [0, 0.05) is 38.0 Å². The maximum absolute atomic E-state index is 12.1. The van der Waals surface area contributed by atoms with E-state index in [4.69, 9.17) is 5.73 Å². The summed E-state index contributed by atoms with van der Waals surface area (Å²) in [4.78, 5) is 25.5. The Kier molecular flexibility index (Phi) is 6.28. The number of hydrogen-bond acceptors (Lipinski definition) is 3. The molecule has 5 nitrogen and oxygen atoms in total. The van der Waals surface area contributed by atoms with E-state index < -0.39 is 0 Å². The fourth-order valence-corrected chi connectivity index (χ4v) is 2.29. The van der Waals surface area contributed by atoms with Crippen molar-refractivity contribution in [2.45, 2.75) is 33.6 Å². The van der Waals surface area contributed by atoms with Crippen LogP contribution in [-0.2, 0) is 9.59 Å². The van der Waals surface area contributed by atoms with Crippen molar-refractivity contribution in [3.63, 3.8) is 0 Å². The molecule has 3 N–H and O–H groups in total. The fourth-order valence-electron chi connectivity index (χ4n) is 2.29. The molecule has 5 heteroatoms. The van der Waals surface area contributed by atoms with Gasteiger partial charge in [0.25, 0.3) is 0 Å². The summed E-state index contributed by atoms with van der Waals surface area (Å²) in [6, 6.07) is 0. The van der Waals surface area contributed by atoms with Crippen molar-refractivity contribution >= 4 is 11.8 Å². The highest BCUT2D eigenvalue weighted by molar-refractivity contribution is 5.79. The minimum atomic E-state index is -0.107. The zero-order valence-corrected chi connectivity index (χ0v) is 12.3. The summed E-state index contributed by atoms with van der Waals surface area (Å²) in [7, 11) is 0. The fraction of sp³-hybridized carbons (Fsp3) is 0.857. The Balaban J connectivity index is 2.42. The molecule has 2 unspecified atom stereocenters. The number of nitrogens with one attached hydrogen (secondary N) is 1. The average Bonchev–Trinajstić information content (AvgIpc) is 2.43. The molecular weight excluding hydrogens is 242 g/mol. The molecule has 110 valence electrons. The Morgan fingerprint density at radius 2 is 2.05 bits per heavy atom. The quantitative estimate of drug-likeness (QED) is 0.767. The first kappa shape index (κ1) is 16.0. The van der Waals surface area contributed by atoms with Crippen LogP contribution in [0.25, 0.3) is 0 Å². The highest BCUT2D eigenvalue weighted by Gasteiger charge is 2.26. The van der Waals surface area contributed by atoms with E-state index in [9.17, 15) is 9.59 Å². The van der Waals surface area contributed by atoms with Gasteiger partial charge >= 0.3 is 0 Å². The van der Waals surface area contributed by atoms with Crippen LogP contribution in [0, 0.1) is 17.8 Å². The SMILES string of the molecule is CC(C)C(=O)NCC1CCCN(C(=O)C(C)CN)C1. The van der Waals surface area contributed by atoms with Gasteiger partial charge in [0.15, 0.2) is 0 Å². The van der Waals surface area contributed by atoms with E-state index in [0.717, 1.165) is 25.9 Å². The van der Waals surface area contributed by atoms with Gasteiger partial charge in [0.05, 0.1) is 0 Å². The molecule has 1 rings (SSSR count). The molecule has 0 radical (unpaired) electrons. The maximum atomic E-state index is 12.1. The Bertz CT molecular complexity index is 318. The van der Waals surface area contributed by atoms with Gasteiger partial charge in [-0.2, -0.15) is 0 Å². The van der Waals surface area contributed by atoms with Crippen LogP contribution in [0.5, 0.6) is 0 Å². The Hall–Kier alpha value is -1.10. The first-order valence-electron chi connectivity index (χ1n) is 7.22. The second-order valence-corrected chi connectivity index (χ2v) is 5.83. The van der Waals surface area contributed by atoms with Crippen molar-refractivity contribution in [3.8, 4) is 0 Å². The highest BCUT2D eigenvalue weighted by atomic mass is 16.2. The van der Waals surface area contributed by atoms with Gasteiger partial charge in [-0.3, -0.25) is 9.59 Å². The molecule has 1 fully saturated rings. The zero-order chi connectivity index (χ0) is 14.4. The van der Waals surface area contributed by atoms with Crippen LogP contribution in [-0.4, -0.2) is 42.9 Å². The van der Waals surface area contributed by atoms with Crippen LogP contribution in [0.2, 0.25) is 0 Å². The molecule has 0 aromatic heterocycles. The number of likely N-dealkylation sites (tertiary alicyclic amines) is 1. The average molecular weight is 269 g/mol. The third-order valence-electron chi connectivity index (χ3n) is 3.70. The van der Waals surface area contributed by atoms with Crippen molar-refractivity contribution in [3.05, 3.63) is 0 Å². The second kappa shape index (κ2) is 7.48. The lowest BCUT2D eigenvalue weighted by molar-refractivity contribution is -0.136. The standard InChI is InChI=1S/C14H27N3O2/c1-10(2)13(18)16-8-12-5-4-6-17(9-12)14(19)11(3)7-15/h10-12H,4-9,15H2,1-3H3,(H,16,18). The smallest absolute Gasteiger partial charge is 0.226 e. The van der Waals surface area contributed by atoms with Crippen LogP contribution in [0.3, 0.4) is 0 Å². The molecule has 1 saturated heterocycles. The molecule has 1 aliphatic heterocycles. The second-order valence-electron chi connectivity index (χ2n) is 5.83. The number of carbonyl (C=O) groups is 2. The normalized spacial score (nSPS) is 21.3. The topological polar surface area (TPSA) is 75.4 Å². The predicted octanol–water partition coefficient (Wildman–Crippen LogP) is 0.592. The number of rotatable bonds is 5. The molecule has 2 atom stereocenters. The van der Waals surface area contributed by atoms with Crippen LogP contribution in [0.15, 0.2) is 0 Å². The van der Waals surface area contributed by atoms with Crippen molar-refractivity contribution in [2.24, 2.45) is 23.5 Å². The molecule has 2 amide bonds. The summed E-state index contributed by atoms with van der Waals surface area (Å²) in [6.07, 6.45) is 2.07. The minimum Gasteiger partial charge on any atom is -0.356 e. The van der Waals surface area contributed by atoms with E-state index in [-0.39, 0.29) is 23.7 Å². The van der Waals surface area contributed by atoms with Crippen molar-refractivity contribution in [2.75, 3.05) is 26.2 Å². The maximum Gasteiger partial charge on any atom is 0.226 e. The van der Waals surface area contributed by atoms with E-state index in [2.05, 4.69) is 5.32 Å². The molecule has 1 heterocycles. The van der Waals surface area contributed by atoms with Gasteiger partial charge in [-0.1, -0.05) is 20.8 Å². The lowest BCUT2D eigenvalue weighted by atomic mass is 9.96. The first-order chi connectivity index (χ1) is 8.95. The molecule has 0 spiro atoms. The summed E-state index contributed by atoms with van der Waals surface area (Å²) in [5, 5.41) is 2.95. The number of hydrogen-bond donors (Lipinski definition) is 2. The molecular formula is C14H27N3O2. The number of piperidine rings is 1. The van der Waals surface area contributed by atoms with Gasteiger partial charge in [-0.05, 0) is 18.8 Å². The van der Waals surface area contributed by atoms with E-state index in [1.807, 2.05) is 25.7 Å². The Morgan fingerprint density at radius 3 is 2.63 bits per heavy atom. The number of nitrogens with two attached hydrogens (primary N) is 1. The molecule has 0 saturated carbocycles. The van der Waals surface area contributed by atoms with Gasteiger partial charge in [-0.15, -0.1) is 0 Å². The summed E-state index contributed by atoms with van der Waals surface area (Å²) in [6.45, 7) is 8.25. The lowest BCUT2D eigenvalue weighted by Crippen LogP contribution is -2.46. The summed E-state index contributed by atoms with van der Waals surface area (Å²) in [5.41, 5.74) is 5.54. The molecule has 0 aromatic rings. The number of amides is 2. The molecule has 0 aromatic carbocycles. The van der Waals surface area contributed by atoms with Gasteiger partial charge in [-0.25, -0.2) is 0 Å². The van der Waals surface area contributed by atoms with E-state index in [0.29, 0.717) is 19.0 Å². The Morgan fingerprint density at radius 1 is 1.37 bits per heavy atom. The number of nitrogens with zero attached hydrogens (tertiary/aromatic N) is 1. The summed E-state index contributed by atoms with van der Waals surface area (Å²) in [5.74, 6) is 0.495. The van der Waals surface area contributed by atoms with Crippen LogP contribution >= 0.6 is 0 Å². The van der Waals surface area contributed by atoms with Gasteiger partial charge in [0.1, 0.15) is 0 Å². The minimum absolute atomic E-state index is 0.0126. The van der Waals surface area contributed by atoms with Crippen LogP contribution < -0.4 is 11.1 Å². The molecule has 0 aliphatic carbocycles.